The molecule has 0 spiro atoms. The normalized spacial score (nSPS) is 12.0. The lowest BCUT2D eigenvalue weighted by molar-refractivity contribution is -0.119. The molecule has 0 aliphatic carbocycles. The molecule has 0 saturated carbocycles. The van der Waals surface area contributed by atoms with Crippen LogP contribution in [0.15, 0.2) is 29.4 Å². The van der Waals surface area contributed by atoms with Crippen molar-refractivity contribution in [1.29, 1.82) is 0 Å². The highest BCUT2D eigenvalue weighted by atomic mass is 32.2. The maximum absolute atomic E-state index is 12.0. The van der Waals surface area contributed by atoms with Gasteiger partial charge in [0, 0.05) is 17.5 Å². The first-order chi connectivity index (χ1) is 11.9. The second-order valence-electron chi connectivity index (χ2n) is 7.02. The van der Waals surface area contributed by atoms with Gasteiger partial charge in [-0.1, -0.05) is 36.9 Å². The molecule has 0 radical (unpaired) electrons. The summed E-state index contributed by atoms with van der Waals surface area (Å²) in [6.07, 6.45) is 1.01. The first-order valence-corrected chi connectivity index (χ1v) is 9.43. The molecule has 132 valence electrons. The number of carbonyl (C=O) groups is 1. The van der Waals surface area contributed by atoms with E-state index in [9.17, 15) is 4.79 Å². The quantitative estimate of drug-likeness (QED) is 0.709. The zero-order valence-electron chi connectivity index (χ0n) is 15.0. The third-order valence-corrected chi connectivity index (χ3v) is 4.49. The molecule has 1 N–H and O–H groups in total. The van der Waals surface area contributed by atoms with Gasteiger partial charge in [0.1, 0.15) is 5.52 Å². The summed E-state index contributed by atoms with van der Waals surface area (Å²) in [5, 5.41) is 13.1. The molecule has 3 aromatic rings. The average molecular weight is 357 g/mol. The summed E-state index contributed by atoms with van der Waals surface area (Å²) < 4.78 is 2.18. The molecule has 0 unspecified atom stereocenters. The van der Waals surface area contributed by atoms with Gasteiger partial charge in [0.15, 0.2) is 5.65 Å². The van der Waals surface area contributed by atoms with Gasteiger partial charge in [-0.3, -0.25) is 4.79 Å². The molecule has 0 atom stereocenters. The van der Waals surface area contributed by atoms with E-state index < -0.39 is 0 Å². The highest BCUT2D eigenvalue weighted by Crippen LogP contribution is 2.27. The van der Waals surface area contributed by atoms with E-state index in [0.29, 0.717) is 5.16 Å². The molecule has 7 heteroatoms. The van der Waals surface area contributed by atoms with Crippen molar-refractivity contribution < 1.29 is 4.79 Å². The van der Waals surface area contributed by atoms with Crippen LogP contribution in [0.1, 0.15) is 34.1 Å². The van der Waals surface area contributed by atoms with Crippen molar-refractivity contribution in [3.63, 3.8) is 0 Å². The second-order valence-corrected chi connectivity index (χ2v) is 7.96. The lowest BCUT2D eigenvalue weighted by atomic mass is 10.1. The van der Waals surface area contributed by atoms with Crippen LogP contribution in [0.3, 0.4) is 0 Å². The SMILES string of the molecule is CCCn1c2ccccc2c2nnc(SCC(=O)NC(C)(C)C)nc21. The van der Waals surface area contributed by atoms with Gasteiger partial charge in [-0.25, -0.2) is 4.98 Å². The Kier molecular flexibility index (Phi) is 4.94. The van der Waals surface area contributed by atoms with Gasteiger partial charge in [0.25, 0.3) is 0 Å². The van der Waals surface area contributed by atoms with E-state index in [-0.39, 0.29) is 17.2 Å². The molecule has 0 aliphatic rings. The van der Waals surface area contributed by atoms with Crippen LogP contribution in [0, 0.1) is 0 Å². The van der Waals surface area contributed by atoms with Crippen molar-refractivity contribution in [3.8, 4) is 0 Å². The number of nitrogens with zero attached hydrogens (tertiary/aromatic N) is 4. The van der Waals surface area contributed by atoms with Gasteiger partial charge in [0.05, 0.1) is 11.3 Å². The minimum Gasteiger partial charge on any atom is -0.351 e. The van der Waals surface area contributed by atoms with Gasteiger partial charge >= 0.3 is 0 Å². The number of benzene rings is 1. The molecule has 1 amide bonds. The zero-order valence-corrected chi connectivity index (χ0v) is 15.9. The van der Waals surface area contributed by atoms with Crippen LogP contribution < -0.4 is 5.32 Å². The van der Waals surface area contributed by atoms with Crippen LogP contribution in [0.4, 0.5) is 0 Å². The molecule has 0 bridgehead atoms. The van der Waals surface area contributed by atoms with E-state index in [1.165, 1.54) is 11.8 Å². The minimum atomic E-state index is -0.242. The van der Waals surface area contributed by atoms with Crippen molar-refractivity contribution in [3.05, 3.63) is 24.3 Å². The molecule has 0 aliphatic heterocycles. The fourth-order valence-electron chi connectivity index (χ4n) is 2.78. The van der Waals surface area contributed by atoms with E-state index in [4.69, 9.17) is 0 Å². The number of thioether (sulfide) groups is 1. The van der Waals surface area contributed by atoms with E-state index in [0.717, 1.165) is 35.0 Å². The predicted octanol–water partition coefficient (Wildman–Crippen LogP) is 3.40. The Balaban J connectivity index is 1.90. The van der Waals surface area contributed by atoms with E-state index in [2.05, 4.69) is 38.1 Å². The number of aromatic nitrogens is 4. The Bertz CT molecular complexity index is 913. The number of aryl methyl sites for hydroxylation is 1. The molecule has 0 saturated heterocycles. The first-order valence-electron chi connectivity index (χ1n) is 8.44. The minimum absolute atomic E-state index is 0.0321. The molecule has 2 aromatic heterocycles. The predicted molar refractivity (Wildman–Crippen MR) is 102 cm³/mol. The van der Waals surface area contributed by atoms with Crippen molar-refractivity contribution in [2.45, 2.75) is 51.4 Å². The van der Waals surface area contributed by atoms with E-state index in [1.54, 1.807) is 0 Å². The summed E-state index contributed by atoms with van der Waals surface area (Å²) in [6.45, 7) is 8.90. The van der Waals surface area contributed by atoms with Gasteiger partial charge in [-0.15, -0.1) is 10.2 Å². The third kappa shape index (κ3) is 3.92. The molecule has 2 heterocycles. The van der Waals surface area contributed by atoms with E-state index >= 15 is 0 Å². The number of rotatable bonds is 5. The number of fused-ring (bicyclic) bond motifs is 3. The molecule has 6 nitrogen and oxygen atoms in total. The Morgan fingerprint density at radius 2 is 2.00 bits per heavy atom. The van der Waals surface area contributed by atoms with E-state index in [1.807, 2.05) is 39.0 Å². The lowest BCUT2D eigenvalue weighted by Gasteiger charge is -2.20. The van der Waals surface area contributed by atoms with Gasteiger partial charge in [-0.2, -0.15) is 0 Å². The molecular formula is C18H23N5OS. The largest absolute Gasteiger partial charge is 0.351 e. The topological polar surface area (TPSA) is 72.7 Å². The molecule has 3 rings (SSSR count). The van der Waals surface area contributed by atoms with Crippen LogP contribution in [-0.2, 0) is 11.3 Å². The molecule has 0 fully saturated rings. The van der Waals surface area contributed by atoms with Crippen LogP contribution in [0.5, 0.6) is 0 Å². The maximum Gasteiger partial charge on any atom is 0.230 e. The summed E-state index contributed by atoms with van der Waals surface area (Å²) in [6, 6.07) is 8.15. The lowest BCUT2D eigenvalue weighted by Crippen LogP contribution is -2.41. The number of hydrogen-bond acceptors (Lipinski definition) is 5. The van der Waals surface area contributed by atoms with Gasteiger partial charge in [0.2, 0.25) is 11.1 Å². The third-order valence-electron chi connectivity index (χ3n) is 3.65. The highest BCUT2D eigenvalue weighted by Gasteiger charge is 2.17. The van der Waals surface area contributed by atoms with Crippen LogP contribution >= 0.6 is 11.8 Å². The Labute approximate surface area is 151 Å². The summed E-state index contributed by atoms with van der Waals surface area (Å²) in [7, 11) is 0. The molecule has 25 heavy (non-hydrogen) atoms. The summed E-state index contributed by atoms with van der Waals surface area (Å²) in [5.41, 5.74) is 2.52. The van der Waals surface area contributed by atoms with Gasteiger partial charge < -0.3 is 9.88 Å². The number of para-hydroxylation sites is 1. The molecule has 1 aromatic carbocycles. The zero-order chi connectivity index (χ0) is 18.0. The Morgan fingerprint density at radius 3 is 2.72 bits per heavy atom. The van der Waals surface area contributed by atoms with Crippen LogP contribution in [0.25, 0.3) is 22.1 Å². The summed E-state index contributed by atoms with van der Waals surface area (Å²) in [5.74, 6) is 0.244. The van der Waals surface area contributed by atoms with Crippen LogP contribution in [-0.4, -0.2) is 36.9 Å². The fraction of sp³-hybridized carbons (Fsp3) is 0.444. The van der Waals surface area contributed by atoms with Crippen LogP contribution in [0.2, 0.25) is 0 Å². The number of amides is 1. The summed E-state index contributed by atoms with van der Waals surface area (Å²) >= 11 is 1.31. The van der Waals surface area contributed by atoms with Crippen molar-refractivity contribution >= 4 is 39.7 Å². The Hall–Kier alpha value is -2.15. The highest BCUT2D eigenvalue weighted by molar-refractivity contribution is 7.99. The number of nitrogens with one attached hydrogen (secondary N) is 1. The van der Waals surface area contributed by atoms with Crippen molar-refractivity contribution in [1.82, 2.24) is 25.1 Å². The number of hydrogen-bond donors (Lipinski definition) is 1. The van der Waals surface area contributed by atoms with Gasteiger partial charge in [-0.05, 0) is 33.3 Å². The second kappa shape index (κ2) is 7.00. The monoisotopic (exact) mass is 357 g/mol. The average Bonchev–Trinajstić information content (AvgIpc) is 2.86. The smallest absolute Gasteiger partial charge is 0.230 e. The molecular weight excluding hydrogens is 334 g/mol. The Morgan fingerprint density at radius 1 is 1.24 bits per heavy atom. The maximum atomic E-state index is 12.0. The van der Waals surface area contributed by atoms with Crippen molar-refractivity contribution in [2.24, 2.45) is 0 Å². The summed E-state index contributed by atoms with van der Waals surface area (Å²) in [4.78, 5) is 16.7. The number of carbonyl (C=O) groups excluding carboxylic acids is 1. The fourth-order valence-corrected chi connectivity index (χ4v) is 3.37. The van der Waals surface area contributed by atoms with Crippen molar-refractivity contribution in [2.75, 3.05) is 5.75 Å². The first kappa shape index (κ1) is 17.7. The standard InChI is InChI=1S/C18H23N5OS/c1-5-10-23-13-9-7-6-8-12(13)15-16(23)19-17(22-21-15)25-11-14(24)20-18(2,3)4/h6-9H,5,10-11H2,1-4H3,(H,20,24).